The maximum atomic E-state index is 13.1. The van der Waals surface area contributed by atoms with Gasteiger partial charge in [0, 0.05) is 12.1 Å². The molecule has 0 aliphatic rings. The van der Waals surface area contributed by atoms with E-state index in [0.29, 0.717) is 16.9 Å². The molecule has 126 valence electrons. The molecule has 0 aliphatic carbocycles. The van der Waals surface area contributed by atoms with Gasteiger partial charge in [-0.2, -0.15) is 0 Å². The van der Waals surface area contributed by atoms with Gasteiger partial charge in [0.15, 0.2) is 6.61 Å². The summed E-state index contributed by atoms with van der Waals surface area (Å²) in [5.41, 5.74) is 5.83. The first-order valence-electron chi connectivity index (χ1n) is 7.18. The summed E-state index contributed by atoms with van der Waals surface area (Å²) in [4.78, 5) is 22.6. The summed E-state index contributed by atoms with van der Waals surface area (Å²) in [7, 11) is 0. The van der Waals surface area contributed by atoms with E-state index in [0.717, 1.165) is 0 Å². The Kier molecular flexibility index (Phi) is 5.86. The quantitative estimate of drug-likeness (QED) is 0.708. The molecule has 0 aliphatic heterocycles. The Morgan fingerprint density at radius 1 is 1.21 bits per heavy atom. The van der Waals surface area contributed by atoms with Gasteiger partial charge in [-0.15, -0.1) is 0 Å². The number of halogens is 1. The number of carbonyl (C=O) groups is 2. The summed E-state index contributed by atoms with van der Waals surface area (Å²) in [6.45, 7) is -0.321. The van der Waals surface area contributed by atoms with Crippen LogP contribution in [0, 0.1) is 5.82 Å². The predicted octanol–water partition coefficient (Wildman–Crippen LogP) is 1.15. The van der Waals surface area contributed by atoms with E-state index in [-0.39, 0.29) is 13.2 Å². The van der Waals surface area contributed by atoms with Gasteiger partial charge < -0.3 is 20.9 Å². The largest absolute Gasteiger partial charge is 0.484 e. The molecule has 7 heteroatoms. The third kappa shape index (κ3) is 5.06. The van der Waals surface area contributed by atoms with Crippen LogP contribution in [0.15, 0.2) is 48.5 Å². The second-order valence-electron chi connectivity index (χ2n) is 5.05. The smallest absolute Gasteiger partial charge is 0.258 e. The van der Waals surface area contributed by atoms with Crippen LogP contribution in [0.1, 0.15) is 22.0 Å². The van der Waals surface area contributed by atoms with Crippen molar-refractivity contribution in [2.24, 2.45) is 5.73 Å². The number of ether oxygens (including phenoxy) is 1. The van der Waals surface area contributed by atoms with Crippen LogP contribution in [-0.2, 0) is 4.79 Å². The number of nitrogens with one attached hydrogen (secondary N) is 1. The Labute approximate surface area is 138 Å². The minimum Gasteiger partial charge on any atom is -0.484 e. The van der Waals surface area contributed by atoms with Gasteiger partial charge in [-0.25, -0.2) is 4.39 Å². The highest BCUT2D eigenvalue weighted by Gasteiger charge is 2.11. The van der Waals surface area contributed by atoms with Gasteiger partial charge in [0.2, 0.25) is 5.91 Å². The first-order valence-corrected chi connectivity index (χ1v) is 7.18. The van der Waals surface area contributed by atoms with Gasteiger partial charge >= 0.3 is 0 Å². The lowest BCUT2D eigenvalue weighted by Crippen LogP contribution is -2.32. The molecule has 0 saturated heterocycles. The highest BCUT2D eigenvalue weighted by atomic mass is 19.1. The fraction of sp³-hybridized carbons (Fsp3) is 0.176. The lowest BCUT2D eigenvalue weighted by atomic mass is 10.1. The van der Waals surface area contributed by atoms with E-state index in [9.17, 15) is 19.1 Å². The van der Waals surface area contributed by atoms with E-state index in [1.807, 2.05) is 0 Å². The third-order valence-electron chi connectivity index (χ3n) is 3.23. The first kappa shape index (κ1) is 17.4. The number of benzene rings is 2. The molecule has 0 aromatic heterocycles. The summed E-state index contributed by atoms with van der Waals surface area (Å²) in [5.74, 6) is -1.04. The standard InChI is InChI=1S/C17H17FN2O4/c18-13-3-1-2-12(8-13)15(21)9-20-16(22)10-24-14-6-4-11(5-7-14)17(19)23/h1-8,15,21H,9-10H2,(H2,19,23)(H,20,22)/t15-/m0/s1. The van der Waals surface area contributed by atoms with Crippen LogP contribution in [-0.4, -0.2) is 30.1 Å². The summed E-state index contributed by atoms with van der Waals surface area (Å²) < 4.78 is 18.3. The molecule has 0 bridgehead atoms. The molecule has 0 fully saturated rings. The van der Waals surface area contributed by atoms with Crippen molar-refractivity contribution >= 4 is 11.8 Å². The average Bonchev–Trinajstić information content (AvgIpc) is 2.58. The lowest BCUT2D eigenvalue weighted by Gasteiger charge is -2.13. The van der Waals surface area contributed by atoms with Gasteiger partial charge in [0.25, 0.3) is 5.91 Å². The summed E-state index contributed by atoms with van der Waals surface area (Å²) in [5, 5.41) is 12.4. The van der Waals surface area contributed by atoms with Crippen molar-refractivity contribution in [2.45, 2.75) is 6.10 Å². The molecular formula is C17H17FN2O4. The van der Waals surface area contributed by atoms with Gasteiger partial charge in [-0.1, -0.05) is 12.1 Å². The molecular weight excluding hydrogens is 315 g/mol. The molecule has 4 N–H and O–H groups in total. The van der Waals surface area contributed by atoms with Crippen LogP contribution in [0.3, 0.4) is 0 Å². The van der Waals surface area contributed by atoms with Gasteiger partial charge in [0.1, 0.15) is 11.6 Å². The molecule has 24 heavy (non-hydrogen) atoms. The Morgan fingerprint density at radius 2 is 1.92 bits per heavy atom. The van der Waals surface area contributed by atoms with Crippen LogP contribution in [0.25, 0.3) is 0 Å². The summed E-state index contributed by atoms with van der Waals surface area (Å²) in [6, 6.07) is 11.5. The first-order chi connectivity index (χ1) is 11.5. The molecule has 0 saturated carbocycles. The molecule has 2 amide bonds. The Balaban J connectivity index is 1.78. The van der Waals surface area contributed by atoms with Crippen molar-refractivity contribution in [3.8, 4) is 5.75 Å². The second kappa shape index (κ2) is 8.07. The van der Waals surface area contributed by atoms with Crippen molar-refractivity contribution in [2.75, 3.05) is 13.2 Å². The van der Waals surface area contributed by atoms with Crippen LogP contribution >= 0.6 is 0 Å². The van der Waals surface area contributed by atoms with Gasteiger partial charge in [-0.3, -0.25) is 9.59 Å². The lowest BCUT2D eigenvalue weighted by molar-refractivity contribution is -0.123. The number of hydrogen-bond acceptors (Lipinski definition) is 4. The highest BCUT2D eigenvalue weighted by Crippen LogP contribution is 2.13. The Morgan fingerprint density at radius 3 is 2.54 bits per heavy atom. The second-order valence-corrected chi connectivity index (χ2v) is 5.05. The van der Waals surface area contributed by atoms with Gasteiger partial charge in [-0.05, 0) is 42.0 Å². The third-order valence-corrected chi connectivity index (χ3v) is 3.23. The van der Waals surface area contributed by atoms with Crippen molar-refractivity contribution in [1.82, 2.24) is 5.32 Å². The van der Waals surface area contributed by atoms with E-state index in [1.54, 1.807) is 6.07 Å². The SMILES string of the molecule is NC(=O)c1ccc(OCC(=O)NC[C@H](O)c2cccc(F)c2)cc1. The van der Waals surface area contributed by atoms with E-state index < -0.39 is 23.7 Å². The van der Waals surface area contributed by atoms with Gasteiger partial charge in [0.05, 0.1) is 6.10 Å². The molecule has 2 aromatic rings. The summed E-state index contributed by atoms with van der Waals surface area (Å²) in [6.07, 6.45) is -1.01. The number of amides is 2. The van der Waals surface area contributed by atoms with Crippen molar-refractivity contribution in [3.05, 3.63) is 65.5 Å². The van der Waals surface area contributed by atoms with Crippen LogP contribution in [0.2, 0.25) is 0 Å². The van der Waals surface area contributed by atoms with Crippen LogP contribution < -0.4 is 15.8 Å². The van der Waals surface area contributed by atoms with Crippen molar-refractivity contribution in [3.63, 3.8) is 0 Å². The number of primary amides is 1. The zero-order chi connectivity index (χ0) is 17.5. The number of aliphatic hydroxyl groups is 1. The van der Waals surface area contributed by atoms with E-state index in [1.165, 1.54) is 42.5 Å². The molecule has 0 spiro atoms. The zero-order valence-corrected chi connectivity index (χ0v) is 12.7. The predicted molar refractivity (Wildman–Crippen MR) is 84.8 cm³/mol. The number of nitrogens with two attached hydrogens (primary N) is 1. The van der Waals surface area contributed by atoms with E-state index in [2.05, 4.69) is 5.32 Å². The minimum absolute atomic E-state index is 0.0632. The molecule has 2 aromatic carbocycles. The number of rotatable bonds is 7. The monoisotopic (exact) mass is 332 g/mol. The summed E-state index contributed by atoms with van der Waals surface area (Å²) >= 11 is 0. The molecule has 0 heterocycles. The van der Waals surface area contributed by atoms with E-state index >= 15 is 0 Å². The fourth-order valence-electron chi connectivity index (χ4n) is 1.96. The Bertz CT molecular complexity index is 719. The minimum atomic E-state index is -1.01. The normalized spacial score (nSPS) is 11.6. The van der Waals surface area contributed by atoms with Crippen LogP contribution in [0.4, 0.5) is 4.39 Å². The zero-order valence-electron chi connectivity index (χ0n) is 12.7. The number of carbonyl (C=O) groups excluding carboxylic acids is 2. The number of aliphatic hydroxyl groups excluding tert-OH is 1. The molecule has 0 unspecified atom stereocenters. The van der Waals surface area contributed by atoms with Crippen molar-refractivity contribution in [1.29, 1.82) is 0 Å². The average molecular weight is 332 g/mol. The maximum Gasteiger partial charge on any atom is 0.258 e. The molecule has 1 atom stereocenters. The number of hydrogen-bond donors (Lipinski definition) is 3. The maximum absolute atomic E-state index is 13.1. The topological polar surface area (TPSA) is 102 Å². The van der Waals surface area contributed by atoms with Crippen molar-refractivity contribution < 1.29 is 23.8 Å². The molecule has 6 nitrogen and oxygen atoms in total. The molecule has 0 radical (unpaired) electrons. The Hall–Kier alpha value is -2.93. The highest BCUT2D eigenvalue weighted by molar-refractivity contribution is 5.92. The van der Waals surface area contributed by atoms with E-state index in [4.69, 9.17) is 10.5 Å². The van der Waals surface area contributed by atoms with Crippen LogP contribution in [0.5, 0.6) is 5.75 Å². The molecule has 2 rings (SSSR count). The fourth-order valence-corrected chi connectivity index (χ4v) is 1.96.